The molecule has 0 aliphatic carbocycles. The van der Waals surface area contributed by atoms with Crippen LogP contribution in [0.1, 0.15) is 16.1 Å². The number of anilines is 1. The van der Waals surface area contributed by atoms with Crippen molar-refractivity contribution in [3.8, 4) is 10.6 Å². The summed E-state index contributed by atoms with van der Waals surface area (Å²) in [6.45, 7) is 1.82. The first-order valence-electron chi connectivity index (χ1n) is 7.10. The molecule has 0 aliphatic rings. The molecule has 9 heteroatoms. The maximum atomic E-state index is 12.3. The van der Waals surface area contributed by atoms with Crippen LogP contribution in [0.3, 0.4) is 0 Å². The number of nitrogens with one attached hydrogen (secondary N) is 1. The second-order valence-corrected chi connectivity index (χ2v) is 6.43. The number of halogens is 1. The molecule has 0 saturated carbocycles. The highest BCUT2D eigenvalue weighted by Crippen LogP contribution is 2.32. The monoisotopic (exact) mass is 374 g/mol. The van der Waals surface area contributed by atoms with E-state index in [9.17, 15) is 14.9 Å². The SMILES string of the molecule is Cc1nc(NC(=O)c2ccc(Cl)c([N+](=O)[O-])c2)sc1-c1ccccn1. The van der Waals surface area contributed by atoms with E-state index >= 15 is 0 Å². The first-order chi connectivity index (χ1) is 12.0. The van der Waals surface area contributed by atoms with Crippen molar-refractivity contribution in [1.82, 2.24) is 9.97 Å². The van der Waals surface area contributed by atoms with Gasteiger partial charge in [0.1, 0.15) is 5.02 Å². The van der Waals surface area contributed by atoms with Gasteiger partial charge in [0.25, 0.3) is 11.6 Å². The van der Waals surface area contributed by atoms with Crippen LogP contribution < -0.4 is 5.32 Å². The number of carbonyl (C=O) groups is 1. The zero-order valence-electron chi connectivity index (χ0n) is 12.9. The first kappa shape index (κ1) is 17.0. The van der Waals surface area contributed by atoms with Gasteiger partial charge in [-0.05, 0) is 31.2 Å². The van der Waals surface area contributed by atoms with Gasteiger partial charge < -0.3 is 0 Å². The van der Waals surface area contributed by atoms with Gasteiger partial charge in [0.05, 0.1) is 21.2 Å². The van der Waals surface area contributed by atoms with E-state index in [1.54, 1.807) is 6.20 Å². The third kappa shape index (κ3) is 3.65. The minimum atomic E-state index is -0.633. The van der Waals surface area contributed by atoms with Crippen LogP contribution in [-0.4, -0.2) is 20.8 Å². The van der Waals surface area contributed by atoms with Crippen LogP contribution in [0.2, 0.25) is 5.02 Å². The van der Waals surface area contributed by atoms with Crippen molar-refractivity contribution in [3.63, 3.8) is 0 Å². The number of pyridine rings is 1. The number of thiazole rings is 1. The van der Waals surface area contributed by atoms with Gasteiger partial charge >= 0.3 is 0 Å². The molecule has 0 aliphatic heterocycles. The van der Waals surface area contributed by atoms with E-state index in [1.165, 1.54) is 23.5 Å². The fourth-order valence-electron chi connectivity index (χ4n) is 2.15. The van der Waals surface area contributed by atoms with Crippen LogP contribution in [0, 0.1) is 17.0 Å². The van der Waals surface area contributed by atoms with Crippen LogP contribution in [-0.2, 0) is 0 Å². The number of carbonyl (C=O) groups excluding carboxylic acids is 1. The molecule has 7 nitrogen and oxygen atoms in total. The molecule has 0 saturated heterocycles. The summed E-state index contributed by atoms with van der Waals surface area (Å²) in [4.78, 5) is 32.1. The van der Waals surface area contributed by atoms with Gasteiger partial charge in [-0.15, -0.1) is 0 Å². The van der Waals surface area contributed by atoms with E-state index in [0.29, 0.717) is 5.13 Å². The highest BCUT2D eigenvalue weighted by atomic mass is 35.5. The molecule has 0 unspecified atom stereocenters. The fourth-order valence-corrected chi connectivity index (χ4v) is 3.27. The Labute approximate surface area is 151 Å². The lowest BCUT2D eigenvalue weighted by molar-refractivity contribution is -0.384. The van der Waals surface area contributed by atoms with E-state index < -0.39 is 10.8 Å². The summed E-state index contributed by atoms with van der Waals surface area (Å²) in [7, 11) is 0. The molecular formula is C16H11ClN4O3S. The minimum Gasteiger partial charge on any atom is -0.298 e. The first-order valence-corrected chi connectivity index (χ1v) is 8.29. The normalized spacial score (nSPS) is 10.5. The Hall–Kier alpha value is -2.84. The molecule has 126 valence electrons. The number of nitro benzene ring substituents is 1. The summed E-state index contributed by atoms with van der Waals surface area (Å²) in [5, 5.41) is 13.9. The predicted molar refractivity (Wildman–Crippen MR) is 96.1 cm³/mol. The molecular weight excluding hydrogens is 364 g/mol. The Morgan fingerprint density at radius 3 is 2.80 bits per heavy atom. The Morgan fingerprint density at radius 1 is 1.32 bits per heavy atom. The highest BCUT2D eigenvalue weighted by Gasteiger charge is 2.18. The molecule has 3 aromatic rings. The molecule has 0 radical (unpaired) electrons. The van der Waals surface area contributed by atoms with Gasteiger partial charge in [0, 0.05) is 17.8 Å². The quantitative estimate of drug-likeness (QED) is 0.541. The van der Waals surface area contributed by atoms with Crippen molar-refractivity contribution in [2.75, 3.05) is 5.32 Å². The smallest absolute Gasteiger partial charge is 0.288 e. The van der Waals surface area contributed by atoms with Crippen molar-refractivity contribution in [3.05, 3.63) is 69.0 Å². The Bertz CT molecular complexity index is 959. The zero-order chi connectivity index (χ0) is 18.0. The van der Waals surface area contributed by atoms with E-state index in [0.717, 1.165) is 22.3 Å². The van der Waals surface area contributed by atoms with Crippen molar-refractivity contribution in [2.24, 2.45) is 0 Å². The Morgan fingerprint density at radius 2 is 2.12 bits per heavy atom. The van der Waals surface area contributed by atoms with Gasteiger partial charge in [-0.3, -0.25) is 25.2 Å². The molecule has 1 amide bonds. The summed E-state index contributed by atoms with van der Waals surface area (Å²) in [5.41, 5.74) is 1.31. The Kier molecular flexibility index (Phi) is 4.73. The number of rotatable bonds is 4. The summed E-state index contributed by atoms with van der Waals surface area (Å²) in [5.74, 6) is -0.499. The molecule has 0 fully saturated rings. The second kappa shape index (κ2) is 6.96. The van der Waals surface area contributed by atoms with Gasteiger partial charge in [0.2, 0.25) is 0 Å². The minimum absolute atomic E-state index is 0.0240. The summed E-state index contributed by atoms with van der Waals surface area (Å²) in [6, 6.07) is 9.42. The number of aromatic nitrogens is 2. The predicted octanol–water partition coefficient (Wildman–Crippen LogP) is 4.33. The molecule has 0 atom stereocenters. The third-order valence-electron chi connectivity index (χ3n) is 3.32. The van der Waals surface area contributed by atoms with Gasteiger partial charge in [-0.25, -0.2) is 4.98 Å². The molecule has 0 spiro atoms. The second-order valence-electron chi connectivity index (χ2n) is 5.03. The average molecular weight is 375 g/mol. The van der Waals surface area contributed by atoms with Gasteiger partial charge in [-0.2, -0.15) is 0 Å². The van der Waals surface area contributed by atoms with Crippen LogP contribution in [0.15, 0.2) is 42.6 Å². The molecule has 25 heavy (non-hydrogen) atoms. The molecule has 2 heterocycles. The van der Waals surface area contributed by atoms with Gasteiger partial charge in [-0.1, -0.05) is 29.0 Å². The summed E-state index contributed by atoms with van der Waals surface area (Å²) >= 11 is 7.04. The van der Waals surface area contributed by atoms with Crippen molar-refractivity contribution in [2.45, 2.75) is 6.92 Å². The highest BCUT2D eigenvalue weighted by molar-refractivity contribution is 7.19. The van der Waals surface area contributed by atoms with Crippen molar-refractivity contribution < 1.29 is 9.72 Å². The van der Waals surface area contributed by atoms with E-state index in [-0.39, 0.29) is 16.3 Å². The summed E-state index contributed by atoms with van der Waals surface area (Å²) < 4.78 is 0. The Balaban J connectivity index is 1.85. The lowest BCUT2D eigenvalue weighted by Gasteiger charge is -2.02. The zero-order valence-corrected chi connectivity index (χ0v) is 14.5. The number of benzene rings is 1. The standard InChI is InChI=1S/C16H11ClN4O3S/c1-9-14(12-4-2-3-7-18-12)25-16(19-9)20-15(22)10-5-6-11(17)13(8-10)21(23)24/h2-8H,1H3,(H,19,20,22). The van der Waals surface area contributed by atoms with E-state index in [2.05, 4.69) is 15.3 Å². The number of hydrogen-bond donors (Lipinski definition) is 1. The maximum absolute atomic E-state index is 12.3. The van der Waals surface area contributed by atoms with Crippen LogP contribution in [0.25, 0.3) is 10.6 Å². The number of nitro groups is 1. The van der Waals surface area contributed by atoms with Crippen molar-refractivity contribution in [1.29, 1.82) is 0 Å². The number of aryl methyl sites for hydroxylation is 1. The fraction of sp³-hybridized carbons (Fsp3) is 0.0625. The molecule has 1 N–H and O–H groups in total. The molecule has 2 aromatic heterocycles. The largest absolute Gasteiger partial charge is 0.298 e. The summed E-state index contributed by atoms with van der Waals surface area (Å²) in [6.07, 6.45) is 1.68. The molecule has 3 rings (SSSR count). The van der Waals surface area contributed by atoms with Crippen molar-refractivity contribution >= 4 is 39.7 Å². The van der Waals surface area contributed by atoms with Crippen LogP contribution in [0.4, 0.5) is 10.8 Å². The van der Waals surface area contributed by atoms with E-state index in [4.69, 9.17) is 11.6 Å². The lowest BCUT2D eigenvalue weighted by atomic mass is 10.2. The molecule has 1 aromatic carbocycles. The number of nitrogens with zero attached hydrogens (tertiary/aromatic N) is 3. The van der Waals surface area contributed by atoms with Gasteiger partial charge in [0.15, 0.2) is 5.13 Å². The number of hydrogen-bond acceptors (Lipinski definition) is 6. The van der Waals surface area contributed by atoms with E-state index in [1.807, 2.05) is 25.1 Å². The molecule has 0 bridgehead atoms. The average Bonchev–Trinajstić information content (AvgIpc) is 2.96. The number of amides is 1. The maximum Gasteiger partial charge on any atom is 0.288 e. The topological polar surface area (TPSA) is 98.0 Å². The van der Waals surface area contributed by atoms with Crippen LogP contribution >= 0.6 is 22.9 Å². The third-order valence-corrected chi connectivity index (χ3v) is 4.73. The van der Waals surface area contributed by atoms with Crippen LogP contribution in [0.5, 0.6) is 0 Å². The lowest BCUT2D eigenvalue weighted by Crippen LogP contribution is -2.12.